The summed E-state index contributed by atoms with van der Waals surface area (Å²) in [5.74, 6) is -0.718. The molecule has 10 heteroatoms. The molecule has 0 aromatic heterocycles. The zero-order chi connectivity index (χ0) is 28.4. The normalized spacial score (nSPS) is 13.9. The third kappa shape index (κ3) is 11.7. The number of nitrogens with one attached hydrogen (secondary N) is 2. The zero-order valence-corrected chi connectivity index (χ0v) is 25.2. The van der Waals surface area contributed by atoms with Crippen molar-refractivity contribution in [2.24, 2.45) is 0 Å². The van der Waals surface area contributed by atoms with E-state index < -0.39 is 38.1 Å². The lowest BCUT2D eigenvalue weighted by Gasteiger charge is -2.38. The molecule has 0 saturated heterocycles. The maximum atomic E-state index is 12.8. The van der Waals surface area contributed by atoms with Crippen LogP contribution in [0.4, 0.5) is 10.5 Å². The minimum Gasteiger partial charge on any atom is -0.467 e. The van der Waals surface area contributed by atoms with Gasteiger partial charge in [0.1, 0.15) is 5.60 Å². The Morgan fingerprint density at radius 3 is 2.24 bits per heavy atom. The maximum absolute atomic E-state index is 12.8. The largest absolute Gasteiger partial charge is 0.467 e. The van der Waals surface area contributed by atoms with E-state index in [1.165, 1.54) is 7.11 Å². The molecule has 0 aliphatic carbocycles. The van der Waals surface area contributed by atoms with E-state index in [9.17, 15) is 14.4 Å². The number of carbonyl (C=O) groups excluding carboxylic acids is 3. The topological polar surface area (TPSA) is 112 Å². The van der Waals surface area contributed by atoms with Gasteiger partial charge < -0.3 is 29.3 Å². The first-order valence-corrected chi connectivity index (χ1v) is 15.6. The van der Waals surface area contributed by atoms with Crippen molar-refractivity contribution in [3.8, 4) is 0 Å². The zero-order valence-electron chi connectivity index (χ0n) is 24.2. The molecule has 210 valence electrons. The van der Waals surface area contributed by atoms with Crippen molar-refractivity contribution in [3.05, 3.63) is 29.8 Å². The fourth-order valence-corrected chi connectivity index (χ4v) is 4.05. The molecule has 37 heavy (non-hydrogen) atoms. The van der Waals surface area contributed by atoms with Gasteiger partial charge in [-0.05, 0) is 63.0 Å². The molecule has 0 heterocycles. The first-order chi connectivity index (χ1) is 17.0. The summed E-state index contributed by atoms with van der Waals surface area (Å²) in [4.78, 5) is 37.4. The highest BCUT2D eigenvalue weighted by Crippen LogP contribution is 2.36. The molecular formula is C27H46N2O7Si. The maximum Gasteiger partial charge on any atom is 0.408 e. The lowest BCUT2D eigenvalue weighted by atomic mass is 10.1. The number of benzene rings is 1. The van der Waals surface area contributed by atoms with Crippen LogP contribution in [0.5, 0.6) is 0 Å². The van der Waals surface area contributed by atoms with Crippen LogP contribution in [0.1, 0.15) is 66.9 Å². The fourth-order valence-electron chi connectivity index (χ4n) is 3.02. The monoisotopic (exact) mass is 538 g/mol. The average molecular weight is 539 g/mol. The molecule has 0 spiro atoms. The number of hydrogen-bond acceptors (Lipinski definition) is 7. The smallest absolute Gasteiger partial charge is 0.408 e. The minimum atomic E-state index is -2.21. The Hall–Kier alpha value is -2.43. The van der Waals surface area contributed by atoms with E-state index in [0.29, 0.717) is 12.1 Å². The summed E-state index contributed by atoms with van der Waals surface area (Å²) in [5, 5.41) is 5.53. The Kier molecular flexibility index (Phi) is 12.3. The van der Waals surface area contributed by atoms with Crippen LogP contribution in [0, 0.1) is 0 Å². The van der Waals surface area contributed by atoms with Crippen LogP contribution in [0.15, 0.2) is 24.3 Å². The number of hydrogen-bond donors (Lipinski definition) is 2. The molecule has 0 aliphatic heterocycles. The van der Waals surface area contributed by atoms with E-state index in [4.69, 9.17) is 18.6 Å². The van der Waals surface area contributed by atoms with Gasteiger partial charge in [-0.25, -0.2) is 9.59 Å². The van der Waals surface area contributed by atoms with E-state index >= 15 is 0 Å². The number of esters is 1. The molecule has 0 saturated carbocycles. The second kappa shape index (κ2) is 13.9. The van der Waals surface area contributed by atoms with Crippen LogP contribution in [0.25, 0.3) is 0 Å². The van der Waals surface area contributed by atoms with E-state index in [0.717, 1.165) is 12.0 Å². The number of carbonyl (C=O) groups is 3. The molecule has 2 atom stereocenters. The van der Waals surface area contributed by atoms with Crippen LogP contribution >= 0.6 is 0 Å². The number of ether oxygens (including phenoxy) is 3. The molecule has 9 nitrogen and oxygen atoms in total. The Morgan fingerprint density at radius 1 is 1.05 bits per heavy atom. The van der Waals surface area contributed by atoms with Gasteiger partial charge in [0.2, 0.25) is 5.91 Å². The highest BCUT2D eigenvalue weighted by atomic mass is 28.4. The minimum absolute atomic E-state index is 0.0443. The average Bonchev–Trinajstić information content (AvgIpc) is 2.75. The summed E-state index contributed by atoms with van der Waals surface area (Å²) in [6.07, 6.45) is -0.661. The van der Waals surface area contributed by atoms with Crippen LogP contribution < -0.4 is 10.6 Å². The van der Waals surface area contributed by atoms with Crippen molar-refractivity contribution in [3.63, 3.8) is 0 Å². The van der Waals surface area contributed by atoms with Crippen LogP contribution in [0.3, 0.4) is 0 Å². The van der Waals surface area contributed by atoms with E-state index in [-0.39, 0.29) is 24.2 Å². The third-order valence-electron chi connectivity index (χ3n) is 6.05. The Bertz CT molecular complexity index is 907. The van der Waals surface area contributed by atoms with Crippen molar-refractivity contribution < 1.29 is 33.0 Å². The van der Waals surface area contributed by atoms with Gasteiger partial charge in [-0.2, -0.15) is 0 Å². The molecule has 1 aromatic rings. The molecule has 1 aromatic carbocycles. The van der Waals surface area contributed by atoms with Crippen molar-refractivity contribution >= 4 is 32.0 Å². The van der Waals surface area contributed by atoms with E-state index in [1.54, 1.807) is 39.0 Å². The summed E-state index contributed by atoms with van der Waals surface area (Å²) >= 11 is 0. The SMILES string of the molecule is CCCC(=O)Nc1cccc(CO[C@@H](C(=O)OC)[C@H](CO[Si](C)(C)C(C)(C)C)NC(=O)OC(C)(C)C)c1. The van der Waals surface area contributed by atoms with Crippen LogP contribution in [0.2, 0.25) is 18.1 Å². The summed E-state index contributed by atoms with van der Waals surface area (Å²) in [6, 6.07) is 6.33. The van der Waals surface area contributed by atoms with Gasteiger partial charge in [0.25, 0.3) is 0 Å². The van der Waals surface area contributed by atoms with Gasteiger partial charge in [0, 0.05) is 12.1 Å². The molecular weight excluding hydrogens is 492 g/mol. The van der Waals surface area contributed by atoms with Crippen molar-refractivity contribution in [1.82, 2.24) is 5.32 Å². The van der Waals surface area contributed by atoms with Gasteiger partial charge in [-0.3, -0.25) is 4.79 Å². The van der Waals surface area contributed by atoms with Gasteiger partial charge in [-0.15, -0.1) is 0 Å². The number of anilines is 1. The van der Waals surface area contributed by atoms with Gasteiger partial charge in [-0.1, -0.05) is 39.8 Å². The number of methoxy groups -OCH3 is 1. The van der Waals surface area contributed by atoms with Crippen molar-refractivity contribution in [2.75, 3.05) is 19.0 Å². The summed E-state index contributed by atoms with van der Waals surface area (Å²) < 4.78 is 22.8. The molecule has 0 unspecified atom stereocenters. The number of rotatable bonds is 12. The highest BCUT2D eigenvalue weighted by molar-refractivity contribution is 6.74. The lowest BCUT2D eigenvalue weighted by molar-refractivity contribution is -0.157. The van der Waals surface area contributed by atoms with Gasteiger partial charge in [0.05, 0.1) is 26.4 Å². The molecule has 0 fully saturated rings. The predicted molar refractivity (Wildman–Crippen MR) is 147 cm³/mol. The Morgan fingerprint density at radius 2 is 1.70 bits per heavy atom. The number of alkyl carbamates (subject to hydrolysis) is 1. The molecule has 2 amide bonds. The van der Waals surface area contributed by atoms with Crippen LogP contribution in [-0.2, 0) is 34.8 Å². The summed E-state index contributed by atoms with van der Waals surface area (Å²) in [6.45, 7) is 17.8. The summed E-state index contributed by atoms with van der Waals surface area (Å²) in [5.41, 5.74) is 0.655. The predicted octanol–water partition coefficient (Wildman–Crippen LogP) is 5.40. The molecule has 2 N–H and O–H groups in total. The molecule has 1 rings (SSSR count). The van der Waals surface area contributed by atoms with E-state index in [1.807, 2.05) is 13.0 Å². The van der Waals surface area contributed by atoms with Gasteiger partial charge in [0.15, 0.2) is 14.4 Å². The van der Waals surface area contributed by atoms with Crippen molar-refractivity contribution in [1.29, 1.82) is 0 Å². The quantitative estimate of drug-likeness (QED) is 0.271. The second-order valence-electron chi connectivity index (χ2n) is 11.6. The van der Waals surface area contributed by atoms with E-state index in [2.05, 4.69) is 44.5 Å². The summed E-state index contributed by atoms with van der Waals surface area (Å²) in [7, 11) is -0.948. The Labute approximate surface area is 223 Å². The second-order valence-corrected chi connectivity index (χ2v) is 16.4. The molecule has 0 aliphatic rings. The lowest BCUT2D eigenvalue weighted by Crippen LogP contribution is -2.54. The van der Waals surface area contributed by atoms with Crippen molar-refractivity contribution in [2.45, 2.75) is 104 Å². The Balaban J connectivity index is 3.14. The molecule has 0 radical (unpaired) electrons. The first-order valence-electron chi connectivity index (χ1n) is 12.7. The first kappa shape index (κ1) is 32.6. The molecule has 0 bridgehead atoms. The van der Waals surface area contributed by atoms with Gasteiger partial charge >= 0.3 is 12.1 Å². The van der Waals surface area contributed by atoms with Crippen LogP contribution in [-0.4, -0.2) is 57.8 Å². The third-order valence-corrected chi connectivity index (χ3v) is 10.5. The number of amides is 2. The standard InChI is InChI=1S/C27H46N2O7Si/c1-11-13-22(30)28-20-15-12-14-19(16-20)17-34-23(24(31)33-8)21(29-25(32)36-26(2,3)4)18-35-37(9,10)27(5,6)7/h12,14-16,21,23H,11,13,17-18H2,1-10H3,(H,28,30)(H,29,32)/t21-,23+/m0/s1. The highest BCUT2D eigenvalue weighted by Gasteiger charge is 2.40. The fraction of sp³-hybridized carbons (Fsp3) is 0.667.